The first-order valence-electron chi connectivity index (χ1n) is 4.25. The van der Waals surface area contributed by atoms with Crippen LogP contribution in [0.3, 0.4) is 0 Å². The van der Waals surface area contributed by atoms with Crippen LogP contribution in [0.15, 0.2) is 24.3 Å². The van der Waals surface area contributed by atoms with Gasteiger partial charge in [-0.15, -0.1) is 0 Å². The van der Waals surface area contributed by atoms with Crippen molar-refractivity contribution in [1.29, 1.82) is 0 Å². The summed E-state index contributed by atoms with van der Waals surface area (Å²) in [6.07, 6.45) is 1.08. The highest BCUT2D eigenvalue weighted by Crippen LogP contribution is 2.31. The summed E-state index contributed by atoms with van der Waals surface area (Å²) >= 11 is 0. The molecular weight excluding hydrogens is 166 g/mol. The van der Waals surface area contributed by atoms with Gasteiger partial charge in [-0.25, -0.2) is 0 Å². The van der Waals surface area contributed by atoms with E-state index >= 15 is 0 Å². The Morgan fingerprint density at radius 3 is 2.92 bits per heavy atom. The van der Waals surface area contributed by atoms with Gasteiger partial charge in [0.15, 0.2) is 0 Å². The molecule has 0 saturated heterocycles. The highest BCUT2D eigenvalue weighted by atomic mass is 16.5. The van der Waals surface area contributed by atoms with Gasteiger partial charge in [-0.2, -0.15) is 0 Å². The quantitative estimate of drug-likeness (QED) is 0.710. The van der Waals surface area contributed by atoms with E-state index in [0.29, 0.717) is 12.5 Å². The van der Waals surface area contributed by atoms with Crippen LogP contribution in [0.5, 0.6) is 5.75 Å². The molecule has 67 valence electrons. The van der Waals surface area contributed by atoms with E-state index in [9.17, 15) is 4.79 Å². The van der Waals surface area contributed by atoms with Gasteiger partial charge in [0.25, 0.3) is 5.91 Å². The molecule has 1 aliphatic heterocycles. The minimum Gasteiger partial charge on any atom is -0.470 e. The minimum atomic E-state index is -0.138. The van der Waals surface area contributed by atoms with E-state index in [1.807, 2.05) is 31.2 Å². The first-order valence-corrected chi connectivity index (χ1v) is 4.25. The summed E-state index contributed by atoms with van der Waals surface area (Å²) in [6.45, 7) is 1.89. The fraction of sp³-hybridized carbons (Fsp3) is 0.200. The number of anilines is 1. The Labute approximate surface area is 76.7 Å². The third-order valence-corrected chi connectivity index (χ3v) is 1.94. The molecule has 0 fully saturated rings. The summed E-state index contributed by atoms with van der Waals surface area (Å²) in [5.41, 5.74) is 0.740. The zero-order chi connectivity index (χ0) is 9.26. The Kier molecular flexibility index (Phi) is 1.93. The van der Waals surface area contributed by atoms with Crippen molar-refractivity contribution in [3.05, 3.63) is 30.4 Å². The molecule has 1 radical (unpaired) electrons. The summed E-state index contributed by atoms with van der Waals surface area (Å²) in [4.78, 5) is 11.3. The third-order valence-electron chi connectivity index (χ3n) is 1.94. The number of nitrogens with one attached hydrogen (secondary N) is 1. The Balaban J connectivity index is 2.33. The van der Waals surface area contributed by atoms with E-state index < -0.39 is 0 Å². The van der Waals surface area contributed by atoms with Crippen LogP contribution in [-0.4, -0.2) is 5.91 Å². The summed E-state index contributed by atoms with van der Waals surface area (Å²) < 4.78 is 5.40. The largest absolute Gasteiger partial charge is 0.470 e. The monoisotopic (exact) mass is 176 g/mol. The van der Waals surface area contributed by atoms with Gasteiger partial charge in [0.05, 0.1) is 5.69 Å². The molecule has 1 amide bonds. The van der Waals surface area contributed by atoms with Gasteiger partial charge in [-0.1, -0.05) is 19.1 Å². The van der Waals surface area contributed by atoms with Crippen LogP contribution in [0.25, 0.3) is 0 Å². The van der Waals surface area contributed by atoms with Crippen molar-refractivity contribution in [2.75, 3.05) is 5.32 Å². The molecule has 0 unspecified atom stereocenters. The number of carbonyl (C=O) groups excluding carboxylic acids is 1. The van der Waals surface area contributed by atoms with E-state index in [1.165, 1.54) is 0 Å². The molecule has 3 heteroatoms. The average molecular weight is 176 g/mol. The Morgan fingerprint density at radius 1 is 1.38 bits per heavy atom. The van der Waals surface area contributed by atoms with Gasteiger partial charge >= 0.3 is 0 Å². The number of hydrogen-bond acceptors (Lipinski definition) is 2. The van der Waals surface area contributed by atoms with Gasteiger partial charge in [-0.05, 0) is 18.6 Å². The molecule has 0 aromatic heterocycles. The second-order valence-corrected chi connectivity index (χ2v) is 2.83. The fourth-order valence-electron chi connectivity index (χ4n) is 1.26. The molecule has 1 aliphatic rings. The van der Waals surface area contributed by atoms with Gasteiger partial charge in [0, 0.05) is 0 Å². The molecule has 0 saturated carbocycles. The normalized spacial score (nSPS) is 15.9. The van der Waals surface area contributed by atoms with Crippen LogP contribution >= 0.6 is 0 Å². The molecule has 13 heavy (non-hydrogen) atoms. The van der Waals surface area contributed by atoms with Crippen molar-refractivity contribution in [2.24, 2.45) is 0 Å². The third kappa shape index (κ3) is 1.37. The molecule has 1 heterocycles. The lowest BCUT2D eigenvalue weighted by molar-refractivity contribution is -0.118. The molecule has 2 rings (SSSR count). The number of para-hydroxylation sites is 2. The van der Waals surface area contributed by atoms with Crippen molar-refractivity contribution < 1.29 is 9.53 Å². The number of benzene rings is 1. The van der Waals surface area contributed by atoms with Crippen LogP contribution in [0.1, 0.15) is 13.3 Å². The number of hydrogen-bond donors (Lipinski definition) is 1. The maximum Gasteiger partial charge on any atom is 0.273 e. The molecule has 0 atom stereocenters. The SMILES string of the molecule is CC[C]1Oc2ccccc2NC1=O. The van der Waals surface area contributed by atoms with Gasteiger partial charge in [0.2, 0.25) is 6.10 Å². The first kappa shape index (κ1) is 8.10. The van der Waals surface area contributed by atoms with Crippen molar-refractivity contribution in [3.8, 4) is 5.75 Å². The standard InChI is InChI=1S/C10H10NO2/c1-2-8-10(12)11-7-5-3-4-6-9(7)13-8/h3-6H,2H2,1H3,(H,11,12). The molecule has 1 N–H and O–H groups in total. The second-order valence-electron chi connectivity index (χ2n) is 2.83. The highest BCUT2D eigenvalue weighted by Gasteiger charge is 2.26. The Morgan fingerprint density at radius 2 is 2.15 bits per heavy atom. The van der Waals surface area contributed by atoms with Crippen LogP contribution in [0.4, 0.5) is 5.69 Å². The molecule has 1 aromatic carbocycles. The summed E-state index contributed by atoms with van der Waals surface area (Å²) in [7, 11) is 0. The van der Waals surface area contributed by atoms with Crippen LogP contribution in [0, 0.1) is 6.10 Å². The zero-order valence-electron chi connectivity index (χ0n) is 7.33. The van der Waals surface area contributed by atoms with Crippen LogP contribution in [0.2, 0.25) is 0 Å². The Hall–Kier alpha value is -1.51. The molecule has 3 nitrogen and oxygen atoms in total. The van der Waals surface area contributed by atoms with E-state index in [2.05, 4.69) is 5.32 Å². The number of rotatable bonds is 1. The number of fused-ring (bicyclic) bond motifs is 1. The van der Waals surface area contributed by atoms with E-state index in [-0.39, 0.29) is 5.91 Å². The predicted octanol–water partition coefficient (Wildman–Crippen LogP) is 1.96. The van der Waals surface area contributed by atoms with E-state index in [0.717, 1.165) is 11.4 Å². The summed E-state index contributed by atoms with van der Waals surface area (Å²) in [5.74, 6) is 0.583. The van der Waals surface area contributed by atoms with Crippen LogP contribution < -0.4 is 10.1 Å². The summed E-state index contributed by atoms with van der Waals surface area (Å²) in [5, 5.41) is 2.76. The van der Waals surface area contributed by atoms with Crippen molar-refractivity contribution in [3.63, 3.8) is 0 Å². The van der Waals surface area contributed by atoms with Crippen molar-refractivity contribution >= 4 is 11.6 Å². The first-order chi connectivity index (χ1) is 6.31. The highest BCUT2D eigenvalue weighted by molar-refractivity contribution is 6.02. The smallest absolute Gasteiger partial charge is 0.273 e. The lowest BCUT2D eigenvalue weighted by Gasteiger charge is -2.23. The van der Waals surface area contributed by atoms with E-state index in [1.54, 1.807) is 0 Å². The maximum atomic E-state index is 11.3. The van der Waals surface area contributed by atoms with E-state index in [4.69, 9.17) is 4.74 Å². The fourth-order valence-corrected chi connectivity index (χ4v) is 1.26. The number of amides is 1. The average Bonchev–Trinajstić information content (AvgIpc) is 2.17. The minimum absolute atomic E-state index is 0.138. The zero-order valence-corrected chi connectivity index (χ0v) is 7.33. The van der Waals surface area contributed by atoms with Crippen molar-refractivity contribution in [2.45, 2.75) is 13.3 Å². The predicted molar refractivity (Wildman–Crippen MR) is 49.2 cm³/mol. The maximum absolute atomic E-state index is 11.3. The lowest BCUT2D eigenvalue weighted by atomic mass is 10.2. The number of ether oxygens (including phenoxy) is 1. The molecular formula is C10H10NO2. The topological polar surface area (TPSA) is 38.3 Å². The second kappa shape index (κ2) is 3.09. The lowest BCUT2D eigenvalue weighted by Crippen LogP contribution is -2.29. The summed E-state index contributed by atoms with van der Waals surface area (Å²) in [6, 6.07) is 7.40. The van der Waals surface area contributed by atoms with Crippen LogP contribution in [-0.2, 0) is 4.79 Å². The molecule has 0 spiro atoms. The van der Waals surface area contributed by atoms with Crippen molar-refractivity contribution in [1.82, 2.24) is 0 Å². The molecule has 0 aliphatic carbocycles. The molecule has 1 aromatic rings. The molecule has 0 bridgehead atoms. The Bertz CT molecular complexity index is 335. The van der Waals surface area contributed by atoms with Gasteiger partial charge < -0.3 is 10.1 Å². The van der Waals surface area contributed by atoms with Gasteiger partial charge in [0.1, 0.15) is 5.75 Å². The number of carbonyl (C=O) groups is 1. The van der Waals surface area contributed by atoms with Gasteiger partial charge in [-0.3, -0.25) is 4.79 Å².